The molecule has 0 heterocycles. The summed E-state index contributed by atoms with van der Waals surface area (Å²) in [5, 5.41) is 2.98. The lowest BCUT2D eigenvalue weighted by molar-refractivity contribution is -0.120. The number of ether oxygens (including phenoxy) is 1. The third kappa shape index (κ3) is 2.68. The summed E-state index contributed by atoms with van der Waals surface area (Å²) in [5.74, 6) is 1.11. The largest absolute Gasteiger partial charge is 0.496 e. The molecule has 1 amide bonds. The van der Waals surface area contributed by atoms with Crippen LogP contribution in [0.5, 0.6) is 5.75 Å². The SMILES string of the molecule is CCCNC(=O)CC1=C2C=CCc3ccc(OC)c(c32)CC1. The second-order valence-electron chi connectivity index (χ2n) is 5.93. The topological polar surface area (TPSA) is 38.3 Å². The van der Waals surface area contributed by atoms with Crippen LogP contribution in [0.15, 0.2) is 29.9 Å². The van der Waals surface area contributed by atoms with Crippen molar-refractivity contribution < 1.29 is 9.53 Å². The lowest BCUT2D eigenvalue weighted by Gasteiger charge is -2.28. The van der Waals surface area contributed by atoms with Crippen LogP contribution in [0.4, 0.5) is 0 Å². The molecule has 0 spiro atoms. The molecular weight excluding hydrogens is 274 g/mol. The molecule has 116 valence electrons. The number of carbonyl (C=O) groups is 1. The van der Waals surface area contributed by atoms with E-state index < -0.39 is 0 Å². The van der Waals surface area contributed by atoms with Gasteiger partial charge in [0.1, 0.15) is 5.75 Å². The van der Waals surface area contributed by atoms with Crippen molar-refractivity contribution in [3.63, 3.8) is 0 Å². The second kappa shape index (κ2) is 6.39. The molecule has 0 saturated carbocycles. The molecule has 2 aliphatic carbocycles. The molecule has 3 rings (SSSR count). The zero-order valence-corrected chi connectivity index (χ0v) is 13.4. The normalized spacial score (nSPS) is 15.5. The summed E-state index contributed by atoms with van der Waals surface area (Å²) in [6, 6.07) is 4.23. The van der Waals surface area contributed by atoms with Gasteiger partial charge in [-0.05, 0) is 48.4 Å². The van der Waals surface area contributed by atoms with E-state index in [0.717, 1.165) is 38.0 Å². The number of benzene rings is 1. The Hall–Kier alpha value is -2.03. The zero-order chi connectivity index (χ0) is 15.5. The molecule has 0 atom stereocenters. The number of nitrogens with one attached hydrogen (secondary N) is 1. The molecule has 2 aliphatic rings. The van der Waals surface area contributed by atoms with Crippen LogP contribution < -0.4 is 10.1 Å². The third-order valence-electron chi connectivity index (χ3n) is 4.47. The van der Waals surface area contributed by atoms with Crippen molar-refractivity contribution in [1.82, 2.24) is 5.32 Å². The van der Waals surface area contributed by atoms with Crippen molar-refractivity contribution in [1.29, 1.82) is 0 Å². The van der Waals surface area contributed by atoms with Crippen molar-refractivity contribution in [2.75, 3.05) is 13.7 Å². The number of allylic oxidation sites excluding steroid dienone is 3. The van der Waals surface area contributed by atoms with Crippen molar-refractivity contribution in [3.8, 4) is 5.75 Å². The van der Waals surface area contributed by atoms with E-state index in [2.05, 4.69) is 36.5 Å². The quantitative estimate of drug-likeness (QED) is 0.904. The van der Waals surface area contributed by atoms with Crippen LogP contribution in [0.1, 0.15) is 42.9 Å². The summed E-state index contributed by atoms with van der Waals surface area (Å²) < 4.78 is 5.53. The lowest BCUT2D eigenvalue weighted by atomic mass is 9.78. The first-order valence-electron chi connectivity index (χ1n) is 8.09. The molecule has 1 aromatic carbocycles. The molecule has 1 aromatic rings. The molecule has 0 fully saturated rings. The Bertz CT molecular complexity index is 656. The van der Waals surface area contributed by atoms with E-state index in [9.17, 15) is 4.79 Å². The average molecular weight is 297 g/mol. The van der Waals surface area contributed by atoms with E-state index in [0.29, 0.717) is 6.42 Å². The molecule has 0 aromatic heterocycles. The van der Waals surface area contributed by atoms with Crippen LogP contribution >= 0.6 is 0 Å². The highest BCUT2D eigenvalue weighted by molar-refractivity contribution is 5.89. The number of rotatable bonds is 5. The molecule has 0 radical (unpaired) electrons. The van der Waals surface area contributed by atoms with Gasteiger partial charge in [0.15, 0.2) is 0 Å². The summed E-state index contributed by atoms with van der Waals surface area (Å²) in [4.78, 5) is 12.1. The van der Waals surface area contributed by atoms with Gasteiger partial charge in [-0.3, -0.25) is 4.79 Å². The Morgan fingerprint density at radius 1 is 1.32 bits per heavy atom. The van der Waals surface area contributed by atoms with Crippen molar-refractivity contribution in [2.24, 2.45) is 0 Å². The Balaban J connectivity index is 1.96. The lowest BCUT2D eigenvalue weighted by Crippen LogP contribution is -2.25. The van der Waals surface area contributed by atoms with Gasteiger partial charge in [0.2, 0.25) is 5.91 Å². The van der Waals surface area contributed by atoms with Gasteiger partial charge < -0.3 is 10.1 Å². The minimum absolute atomic E-state index is 0.135. The highest BCUT2D eigenvalue weighted by Crippen LogP contribution is 2.42. The van der Waals surface area contributed by atoms with Crippen LogP contribution in [0.2, 0.25) is 0 Å². The fraction of sp³-hybridized carbons (Fsp3) is 0.421. The minimum atomic E-state index is 0.135. The van der Waals surface area contributed by atoms with Crippen LogP contribution in [0.25, 0.3) is 5.57 Å². The Kier molecular flexibility index (Phi) is 4.32. The van der Waals surface area contributed by atoms with Crippen LogP contribution in [-0.2, 0) is 17.6 Å². The summed E-state index contributed by atoms with van der Waals surface area (Å²) in [6.45, 7) is 2.83. The van der Waals surface area contributed by atoms with Gasteiger partial charge in [-0.15, -0.1) is 0 Å². The maximum absolute atomic E-state index is 12.1. The molecule has 0 saturated heterocycles. The monoisotopic (exact) mass is 297 g/mol. The smallest absolute Gasteiger partial charge is 0.224 e. The number of amides is 1. The number of hydrogen-bond acceptors (Lipinski definition) is 2. The predicted molar refractivity (Wildman–Crippen MR) is 89.0 cm³/mol. The Morgan fingerprint density at radius 3 is 2.95 bits per heavy atom. The first kappa shape index (κ1) is 14.9. The van der Waals surface area contributed by atoms with Crippen LogP contribution in [0.3, 0.4) is 0 Å². The van der Waals surface area contributed by atoms with Crippen LogP contribution in [-0.4, -0.2) is 19.6 Å². The molecule has 0 unspecified atom stereocenters. The van der Waals surface area contributed by atoms with Crippen molar-refractivity contribution >= 4 is 11.5 Å². The maximum Gasteiger partial charge on any atom is 0.224 e. The first-order valence-corrected chi connectivity index (χ1v) is 8.09. The standard InChI is InChI=1S/C19H23NO2/c1-3-11-20-18(21)12-14-7-9-16-17(22-2)10-8-13-5-4-6-15(14)19(13)16/h4,6,8,10H,3,5,7,9,11-12H2,1-2H3,(H,20,21). The Morgan fingerprint density at radius 2 is 2.18 bits per heavy atom. The van der Waals surface area contributed by atoms with E-state index in [1.165, 1.54) is 27.8 Å². The number of carbonyl (C=O) groups excluding carboxylic acids is 1. The third-order valence-corrected chi connectivity index (χ3v) is 4.47. The molecule has 1 N–H and O–H groups in total. The predicted octanol–water partition coefficient (Wildman–Crippen LogP) is 3.42. The summed E-state index contributed by atoms with van der Waals surface area (Å²) in [6.07, 6.45) is 8.73. The highest BCUT2D eigenvalue weighted by atomic mass is 16.5. The Labute approximate surface area is 132 Å². The van der Waals surface area contributed by atoms with E-state index in [-0.39, 0.29) is 5.91 Å². The fourth-order valence-corrected chi connectivity index (χ4v) is 3.42. The van der Waals surface area contributed by atoms with E-state index in [4.69, 9.17) is 4.74 Å². The zero-order valence-electron chi connectivity index (χ0n) is 13.4. The molecule has 3 heteroatoms. The van der Waals surface area contributed by atoms with Gasteiger partial charge in [0.25, 0.3) is 0 Å². The maximum atomic E-state index is 12.1. The van der Waals surface area contributed by atoms with Gasteiger partial charge in [-0.1, -0.05) is 30.7 Å². The summed E-state index contributed by atoms with van der Waals surface area (Å²) in [7, 11) is 1.73. The van der Waals surface area contributed by atoms with Gasteiger partial charge in [0, 0.05) is 18.5 Å². The second-order valence-corrected chi connectivity index (χ2v) is 5.93. The highest BCUT2D eigenvalue weighted by Gasteiger charge is 2.25. The molecule has 22 heavy (non-hydrogen) atoms. The minimum Gasteiger partial charge on any atom is -0.496 e. The van der Waals surface area contributed by atoms with Gasteiger partial charge in [-0.2, -0.15) is 0 Å². The van der Waals surface area contributed by atoms with E-state index in [1.54, 1.807) is 7.11 Å². The summed E-state index contributed by atoms with van der Waals surface area (Å²) in [5.41, 5.74) is 6.46. The van der Waals surface area contributed by atoms with E-state index in [1.807, 2.05) is 0 Å². The van der Waals surface area contributed by atoms with Gasteiger partial charge >= 0.3 is 0 Å². The number of methoxy groups -OCH3 is 1. The van der Waals surface area contributed by atoms with Crippen molar-refractivity contribution in [2.45, 2.75) is 39.0 Å². The molecule has 0 aliphatic heterocycles. The number of hydrogen-bond donors (Lipinski definition) is 1. The van der Waals surface area contributed by atoms with Gasteiger partial charge in [0.05, 0.1) is 7.11 Å². The van der Waals surface area contributed by atoms with E-state index >= 15 is 0 Å². The molecular formula is C19H23NO2. The molecule has 3 nitrogen and oxygen atoms in total. The first-order chi connectivity index (χ1) is 10.7. The van der Waals surface area contributed by atoms with Crippen molar-refractivity contribution in [3.05, 3.63) is 46.5 Å². The van der Waals surface area contributed by atoms with Crippen LogP contribution in [0, 0.1) is 0 Å². The molecule has 0 bridgehead atoms. The average Bonchev–Trinajstić information content (AvgIpc) is 2.55. The summed E-state index contributed by atoms with van der Waals surface area (Å²) >= 11 is 0. The fourth-order valence-electron chi connectivity index (χ4n) is 3.42. The van der Waals surface area contributed by atoms with Gasteiger partial charge in [-0.25, -0.2) is 0 Å².